The normalized spacial score (nSPS) is 20.8. The molecule has 0 bridgehead atoms. The maximum Gasteiger partial charge on any atom is 0.251 e. The SMILES string of the molecule is CC1CC1CNC(=O)c1cccc(C#CCO)c1. The molecule has 0 saturated heterocycles. The summed E-state index contributed by atoms with van der Waals surface area (Å²) in [6.45, 7) is 2.78. The largest absolute Gasteiger partial charge is 0.384 e. The van der Waals surface area contributed by atoms with Crippen LogP contribution in [-0.4, -0.2) is 24.2 Å². The van der Waals surface area contributed by atoms with Gasteiger partial charge in [-0.15, -0.1) is 0 Å². The van der Waals surface area contributed by atoms with Gasteiger partial charge >= 0.3 is 0 Å². The molecule has 2 rings (SSSR count). The molecule has 18 heavy (non-hydrogen) atoms. The molecule has 1 aliphatic rings. The molecule has 0 radical (unpaired) electrons. The lowest BCUT2D eigenvalue weighted by Crippen LogP contribution is -2.25. The van der Waals surface area contributed by atoms with E-state index in [0.717, 1.165) is 18.0 Å². The number of benzene rings is 1. The third kappa shape index (κ3) is 3.35. The second-order valence-corrected chi connectivity index (χ2v) is 4.72. The lowest BCUT2D eigenvalue weighted by molar-refractivity contribution is 0.0951. The van der Waals surface area contributed by atoms with Crippen molar-refractivity contribution in [3.05, 3.63) is 35.4 Å². The monoisotopic (exact) mass is 243 g/mol. The van der Waals surface area contributed by atoms with E-state index in [2.05, 4.69) is 24.1 Å². The third-order valence-corrected chi connectivity index (χ3v) is 3.24. The number of hydrogen-bond acceptors (Lipinski definition) is 2. The fraction of sp³-hybridized carbons (Fsp3) is 0.400. The molecule has 1 aromatic carbocycles. The van der Waals surface area contributed by atoms with Crippen LogP contribution in [0.5, 0.6) is 0 Å². The van der Waals surface area contributed by atoms with Crippen LogP contribution >= 0.6 is 0 Å². The number of aliphatic hydroxyl groups excluding tert-OH is 1. The van der Waals surface area contributed by atoms with Crippen LogP contribution in [0, 0.1) is 23.7 Å². The maximum atomic E-state index is 11.9. The topological polar surface area (TPSA) is 49.3 Å². The number of hydrogen-bond donors (Lipinski definition) is 2. The molecule has 3 heteroatoms. The number of carbonyl (C=O) groups is 1. The van der Waals surface area contributed by atoms with Gasteiger partial charge in [-0.2, -0.15) is 0 Å². The highest BCUT2D eigenvalue weighted by molar-refractivity contribution is 5.94. The van der Waals surface area contributed by atoms with Gasteiger partial charge in [-0.05, 0) is 36.5 Å². The van der Waals surface area contributed by atoms with Crippen LogP contribution in [0.25, 0.3) is 0 Å². The zero-order valence-corrected chi connectivity index (χ0v) is 10.4. The van der Waals surface area contributed by atoms with Crippen molar-refractivity contribution in [3.63, 3.8) is 0 Å². The van der Waals surface area contributed by atoms with Crippen LogP contribution < -0.4 is 5.32 Å². The molecule has 94 valence electrons. The van der Waals surface area contributed by atoms with Gasteiger partial charge < -0.3 is 10.4 Å². The van der Waals surface area contributed by atoms with Crippen molar-refractivity contribution in [3.8, 4) is 11.8 Å². The van der Waals surface area contributed by atoms with E-state index in [-0.39, 0.29) is 12.5 Å². The van der Waals surface area contributed by atoms with Gasteiger partial charge in [-0.3, -0.25) is 4.79 Å². The van der Waals surface area contributed by atoms with Crippen molar-refractivity contribution in [1.29, 1.82) is 0 Å². The summed E-state index contributed by atoms with van der Waals surface area (Å²) in [5.41, 5.74) is 1.37. The first-order valence-corrected chi connectivity index (χ1v) is 6.18. The van der Waals surface area contributed by atoms with E-state index in [0.29, 0.717) is 11.5 Å². The Morgan fingerprint density at radius 3 is 3.00 bits per heavy atom. The smallest absolute Gasteiger partial charge is 0.251 e. The summed E-state index contributed by atoms with van der Waals surface area (Å²) in [5, 5.41) is 11.6. The van der Waals surface area contributed by atoms with E-state index < -0.39 is 0 Å². The molecule has 0 heterocycles. The lowest BCUT2D eigenvalue weighted by Gasteiger charge is -2.04. The second-order valence-electron chi connectivity index (χ2n) is 4.72. The zero-order valence-electron chi connectivity index (χ0n) is 10.4. The first-order valence-electron chi connectivity index (χ1n) is 6.18. The summed E-state index contributed by atoms with van der Waals surface area (Å²) in [6.07, 6.45) is 1.21. The van der Waals surface area contributed by atoms with Crippen LogP contribution in [0.15, 0.2) is 24.3 Å². The van der Waals surface area contributed by atoms with Gasteiger partial charge in [0.1, 0.15) is 6.61 Å². The Bertz CT molecular complexity index is 499. The van der Waals surface area contributed by atoms with Gasteiger partial charge in [0, 0.05) is 17.7 Å². The average molecular weight is 243 g/mol. The molecule has 0 spiro atoms. The highest BCUT2D eigenvalue weighted by Crippen LogP contribution is 2.36. The number of aliphatic hydroxyl groups is 1. The number of carbonyl (C=O) groups excluding carboxylic acids is 1. The standard InChI is InChI=1S/C15H17NO2/c1-11-8-14(11)10-16-15(18)13-6-2-4-12(9-13)5-3-7-17/h2,4,6,9,11,14,17H,7-8,10H2,1H3,(H,16,18). The van der Waals surface area contributed by atoms with E-state index in [4.69, 9.17) is 5.11 Å². The zero-order chi connectivity index (χ0) is 13.0. The number of amides is 1. The summed E-state index contributed by atoms with van der Waals surface area (Å²) >= 11 is 0. The third-order valence-electron chi connectivity index (χ3n) is 3.24. The first kappa shape index (κ1) is 12.7. The van der Waals surface area contributed by atoms with Crippen molar-refractivity contribution in [2.24, 2.45) is 11.8 Å². The molecule has 2 N–H and O–H groups in total. The Morgan fingerprint density at radius 2 is 2.33 bits per heavy atom. The summed E-state index contributed by atoms with van der Waals surface area (Å²) in [5.74, 6) is 6.70. The Morgan fingerprint density at radius 1 is 1.56 bits per heavy atom. The van der Waals surface area contributed by atoms with Gasteiger partial charge in [-0.25, -0.2) is 0 Å². The quantitative estimate of drug-likeness (QED) is 0.789. The molecular formula is C15H17NO2. The Hall–Kier alpha value is -1.79. The fourth-order valence-electron chi connectivity index (χ4n) is 1.89. The van der Waals surface area contributed by atoms with E-state index >= 15 is 0 Å². The van der Waals surface area contributed by atoms with Gasteiger partial charge in [0.15, 0.2) is 0 Å². The highest BCUT2D eigenvalue weighted by atomic mass is 16.2. The molecule has 1 aromatic rings. The summed E-state index contributed by atoms with van der Waals surface area (Å²) in [7, 11) is 0. The Kier molecular flexibility index (Phi) is 4.01. The summed E-state index contributed by atoms with van der Waals surface area (Å²) < 4.78 is 0. The minimum Gasteiger partial charge on any atom is -0.384 e. The molecule has 2 unspecified atom stereocenters. The molecule has 1 aliphatic carbocycles. The molecule has 3 nitrogen and oxygen atoms in total. The van der Waals surface area contributed by atoms with Gasteiger partial charge in [-0.1, -0.05) is 24.8 Å². The van der Waals surface area contributed by atoms with Crippen molar-refractivity contribution in [2.75, 3.05) is 13.2 Å². The van der Waals surface area contributed by atoms with E-state index in [1.54, 1.807) is 18.2 Å². The Balaban J connectivity index is 1.96. The minimum absolute atomic E-state index is 0.0539. The molecule has 1 fully saturated rings. The highest BCUT2D eigenvalue weighted by Gasteiger charge is 2.32. The van der Waals surface area contributed by atoms with Gasteiger partial charge in [0.25, 0.3) is 5.91 Å². The van der Waals surface area contributed by atoms with Gasteiger partial charge in [0.2, 0.25) is 0 Å². The maximum absolute atomic E-state index is 11.9. The summed E-state index contributed by atoms with van der Waals surface area (Å²) in [4.78, 5) is 11.9. The molecule has 1 amide bonds. The number of nitrogens with one attached hydrogen (secondary N) is 1. The van der Waals surface area contributed by atoms with E-state index in [1.165, 1.54) is 6.42 Å². The minimum atomic E-state index is -0.171. The second kappa shape index (κ2) is 5.70. The molecule has 2 atom stereocenters. The molecule has 0 aliphatic heterocycles. The van der Waals surface area contributed by atoms with Crippen LogP contribution in [0.2, 0.25) is 0 Å². The van der Waals surface area contributed by atoms with Gasteiger partial charge in [0.05, 0.1) is 0 Å². The number of rotatable bonds is 3. The lowest BCUT2D eigenvalue weighted by atomic mass is 10.1. The average Bonchev–Trinajstić information content (AvgIpc) is 3.10. The van der Waals surface area contributed by atoms with Crippen molar-refractivity contribution in [2.45, 2.75) is 13.3 Å². The van der Waals surface area contributed by atoms with Crippen LogP contribution in [0.4, 0.5) is 0 Å². The van der Waals surface area contributed by atoms with Crippen molar-refractivity contribution in [1.82, 2.24) is 5.32 Å². The van der Waals surface area contributed by atoms with E-state index in [1.807, 2.05) is 6.07 Å². The van der Waals surface area contributed by atoms with Crippen LogP contribution in [0.3, 0.4) is 0 Å². The molecule has 1 saturated carbocycles. The van der Waals surface area contributed by atoms with Crippen molar-refractivity contribution < 1.29 is 9.90 Å². The van der Waals surface area contributed by atoms with Crippen LogP contribution in [-0.2, 0) is 0 Å². The Labute approximate surface area is 107 Å². The first-order chi connectivity index (χ1) is 8.70. The predicted molar refractivity (Wildman–Crippen MR) is 70.0 cm³/mol. The molecule has 0 aromatic heterocycles. The predicted octanol–water partition coefficient (Wildman–Crippen LogP) is 1.42. The van der Waals surface area contributed by atoms with Crippen molar-refractivity contribution >= 4 is 5.91 Å². The molecular weight excluding hydrogens is 226 g/mol. The fourth-order valence-corrected chi connectivity index (χ4v) is 1.89. The van der Waals surface area contributed by atoms with E-state index in [9.17, 15) is 4.79 Å². The summed E-state index contributed by atoms with van der Waals surface area (Å²) in [6, 6.07) is 7.14. The van der Waals surface area contributed by atoms with Crippen LogP contribution in [0.1, 0.15) is 29.3 Å².